The van der Waals surface area contributed by atoms with E-state index in [0.717, 1.165) is 23.2 Å². The lowest BCUT2D eigenvalue weighted by Crippen LogP contribution is -2.00. The third-order valence-corrected chi connectivity index (χ3v) is 2.60. The molecule has 0 radical (unpaired) electrons. The van der Waals surface area contributed by atoms with Crippen LogP contribution in [-0.4, -0.2) is 15.0 Å². The summed E-state index contributed by atoms with van der Waals surface area (Å²) >= 11 is 0. The number of aryl methyl sites for hydroxylation is 1. The molecule has 1 heterocycles. The van der Waals surface area contributed by atoms with Crippen molar-refractivity contribution in [2.75, 3.05) is 0 Å². The number of benzene rings is 1. The molecule has 2 rings (SSSR count). The summed E-state index contributed by atoms with van der Waals surface area (Å²) in [6.07, 6.45) is 2.83. The molecule has 6 heteroatoms. The minimum absolute atomic E-state index is 0.377. The fraction of sp³-hybridized carbons (Fsp3) is 0.333. The van der Waals surface area contributed by atoms with Crippen molar-refractivity contribution in [2.24, 2.45) is 5.11 Å². The molecule has 0 unspecified atom stereocenters. The maximum Gasteiger partial charge on any atom is 0.0824 e. The van der Waals surface area contributed by atoms with Crippen LogP contribution < -0.4 is 0 Å². The van der Waals surface area contributed by atoms with Crippen LogP contribution in [0.25, 0.3) is 10.4 Å². The Morgan fingerprint density at radius 3 is 2.94 bits per heavy atom. The van der Waals surface area contributed by atoms with Gasteiger partial charge in [0.2, 0.25) is 0 Å². The first-order valence-corrected chi connectivity index (χ1v) is 5.79. The van der Waals surface area contributed by atoms with E-state index in [1.54, 1.807) is 0 Å². The smallest absolute Gasteiger partial charge is 0.0824 e. The Kier molecular flexibility index (Phi) is 3.94. The zero-order valence-electron chi connectivity index (χ0n) is 10.2. The molecular weight excluding hydrogens is 228 g/mol. The molecule has 0 saturated heterocycles. The third kappa shape index (κ3) is 3.09. The SMILES string of the molecule is CCc1cn(Cc2cccc(CN=[N+]=[N-])c2)nn1. The van der Waals surface area contributed by atoms with Gasteiger partial charge in [0.15, 0.2) is 0 Å². The van der Waals surface area contributed by atoms with E-state index in [4.69, 9.17) is 5.53 Å². The van der Waals surface area contributed by atoms with E-state index in [2.05, 4.69) is 27.3 Å². The van der Waals surface area contributed by atoms with Gasteiger partial charge in [0.05, 0.1) is 18.8 Å². The second-order valence-electron chi connectivity index (χ2n) is 3.97. The van der Waals surface area contributed by atoms with Gasteiger partial charge >= 0.3 is 0 Å². The van der Waals surface area contributed by atoms with Crippen LogP contribution in [0.4, 0.5) is 0 Å². The number of hydrogen-bond acceptors (Lipinski definition) is 3. The van der Waals surface area contributed by atoms with Crippen molar-refractivity contribution in [1.29, 1.82) is 0 Å². The van der Waals surface area contributed by atoms with E-state index in [1.165, 1.54) is 0 Å². The van der Waals surface area contributed by atoms with Crippen LogP contribution in [0.15, 0.2) is 35.6 Å². The Bertz CT molecular complexity index is 567. The van der Waals surface area contributed by atoms with Crippen LogP contribution >= 0.6 is 0 Å². The molecule has 0 saturated carbocycles. The first-order chi connectivity index (χ1) is 8.81. The summed E-state index contributed by atoms with van der Waals surface area (Å²) in [6.45, 7) is 3.11. The summed E-state index contributed by atoms with van der Waals surface area (Å²) in [6, 6.07) is 7.93. The van der Waals surface area contributed by atoms with Crippen LogP contribution in [-0.2, 0) is 19.5 Å². The van der Waals surface area contributed by atoms with Gasteiger partial charge in [-0.15, -0.1) is 5.10 Å². The summed E-state index contributed by atoms with van der Waals surface area (Å²) in [5, 5.41) is 11.7. The Labute approximate surface area is 105 Å². The molecule has 0 spiro atoms. The highest BCUT2D eigenvalue weighted by molar-refractivity contribution is 5.23. The standard InChI is InChI=1S/C12H14N6/c1-2-12-9-18(17-15-12)8-11-5-3-4-10(6-11)7-14-16-13/h3-6,9H,2,7-8H2,1H3. The normalized spacial score (nSPS) is 10.1. The Balaban J connectivity index is 2.10. The van der Waals surface area contributed by atoms with Gasteiger partial charge in [-0.1, -0.05) is 41.5 Å². The van der Waals surface area contributed by atoms with Crippen LogP contribution in [0.5, 0.6) is 0 Å². The second-order valence-corrected chi connectivity index (χ2v) is 3.97. The van der Waals surface area contributed by atoms with E-state index in [-0.39, 0.29) is 0 Å². The summed E-state index contributed by atoms with van der Waals surface area (Å²) in [5.74, 6) is 0. The summed E-state index contributed by atoms with van der Waals surface area (Å²) < 4.78 is 1.81. The van der Waals surface area contributed by atoms with Crippen LogP contribution in [0.3, 0.4) is 0 Å². The molecule has 1 aromatic carbocycles. The van der Waals surface area contributed by atoms with Crippen LogP contribution in [0.1, 0.15) is 23.7 Å². The predicted molar refractivity (Wildman–Crippen MR) is 67.8 cm³/mol. The fourth-order valence-corrected chi connectivity index (χ4v) is 1.70. The zero-order valence-corrected chi connectivity index (χ0v) is 10.2. The molecule has 0 aliphatic heterocycles. The second kappa shape index (κ2) is 5.84. The van der Waals surface area contributed by atoms with Crippen molar-refractivity contribution >= 4 is 0 Å². The molecule has 6 nitrogen and oxygen atoms in total. The summed E-state index contributed by atoms with van der Waals surface area (Å²) in [7, 11) is 0. The van der Waals surface area contributed by atoms with E-state index in [1.807, 2.05) is 35.1 Å². The highest BCUT2D eigenvalue weighted by Gasteiger charge is 2.00. The van der Waals surface area contributed by atoms with Gasteiger partial charge in [-0.25, -0.2) is 4.68 Å². The number of azide groups is 1. The lowest BCUT2D eigenvalue weighted by molar-refractivity contribution is 0.648. The molecule has 2 aromatic rings. The first-order valence-electron chi connectivity index (χ1n) is 5.79. The fourth-order valence-electron chi connectivity index (χ4n) is 1.70. The predicted octanol–water partition coefficient (Wildman–Crippen LogP) is 2.70. The van der Waals surface area contributed by atoms with Gasteiger partial charge in [-0.05, 0) is 23.1 Å². The number of aromatic nitrogens is 3. The minimum Gasteiger partial charge on any atom is -0.248 e. The van der Waals surface area contributed by atoms with Crippen LogP contribution in [0.2, 0.25) is 0 Å². The number of nitrogens with zero attached hydrogens (tertiary/aromatic N) is 6. The van der Waals surface area contributed by atoms with Crippen LogP contribution in [0, 0.1) is 0 Å². The zero-order chi connectivity index (χ0) is 12.8. The molecule has 18 heavy (non-hydrogen) atoms. The van der Waals surface area contributed by atoms with E-state index in [0.29, 0.717) is 13.1 Å². The van der Waals surface area contributed by atoms with Crippen molar-refractivity contribution in [3.8, 4) is 0 Å². The van der Waals surface area contributed by atoms with Gasteiger partial charge in [-0.3, -0.25) is 0 Å². The van der Waals surface area contributed by atoms with E-state index < -0.39 is 0 Å². The van der Waals surface area contributed by atoms with Crippen molar-refractivity contribution in [2.45, 2.75) is 26.4 Å². The maximum absolute atomic E-state index is 8.30. The van der Waals surface area contributed by atoms with Gasteiger partial charge in [-0.2, -0.15) is 0 Å². The lowest BCUT2D eigenvalue weighted by atomic mass is 10.1. The Hall–Kier alpha value is -2.33. The molecule has 0 fully saturated rings. The lowest BCUT2D eigenvalue weighted by Gasteiger charge is -2.03. The average molecular weight is 242 g/mol. The Morgan fingerprint density at radius 2 is 2.22 bits per heavy atom. The van der Waals surface area contributed by atoms with E-state index >= 15 is 0 Å². The molecule has 0 amide bonds. The average Bonchev–Trinajstić information content (AvgIpc) is 2.84. The summed E-state index contributed by atoms with van der Waals surface area (Å²) in [4.78, 5) is 2.76. The van der Waals surface area contributed by atoms with E-state index in [9.17, 15) is 0 Å². The van der Waals surface area contributed by atoms with Crippen molar-refractivity contribution in [3.05, 3.63) is 57.7 Å². The van der Waals surface area contributed by atoms with Gasteiger partial charge in [0, 0.05) is 11.1 Å². The monoisotopic (exact) mass is 242 g/mol. The molecule has 0 N–H and O–H groups in total. The first kappa shape index (κ1) is 12.1. The quantitative estimate of drug-likeness (QED) is 0.459. The molecule has 92 valence electrons. The molecule has 0 aliphatic rings. The van der Waals surface area contributed by atoms with Gasteiger partial charge < -0.3 is 0 Å². The number of rotatable bonds is 5. The van der Waals surface area contributed by atoms with Gasteiger partial charge in [0.25, 0.3) is 0 Å². The molecule has 0 bridgehead atoms. The topological polar surface area (TPSA) is 79.5 Å². The molecule has 0 atom stereocenters. The van der Waals surface area contributed by atoms with Crippen molar-refractivity contribution in [3.63, 3.8) is 0 Å². The highest BCUT2D eigenvalue weighted by Crippen LogP contribution is 2.08. The summed E-state index contributed by atoms with van der Waals surface area (Å²) in [5.41, 5.74) is 11.4. The number of hydrogen-bond donors (Lipinski definition) is 0. The van der Waals surface area contributed by atoms with Gasteiger partial charge in [0.1, 0.15) is 0 Å². The maximum atomic E-state index is 8.30. The Morgan fingerprint density at radius 1 is 1.39 bits per heavy atom. The largest absolute Gasteiger partial charge is 0.248 e. The molecule has 1 aromatic heterocycles. The van der Waals surface area contributed by atoms with Crippen molar-refractivity contribution in [1.82, 2.24) is 15.0 Å². The highest BCUT2D eigenvalue weighted by atomic mass is 15.4. The third-order valence-electron chi connectivity index (χ3n) is 2.60. The molecular formula is C12H14N6. The molecule has 0 aliphatic carbocycles. The minimum atomic E-state index is 0.377. The van der Waals surface area contributed by atoms with Crippen molar-refractivity contribution < 1.29 is 0 Å².